The molecule has 0 aliphatic heterocycles. The minimum Gasteiger partial charge on any atom is -0.462 e. The van der Waals surface area contributed by atoms with E-state index in [1.807, 2.05) is 0 Å². The Hall–Kier alpha value is -2.33. The van der Waals surface area contributed by atoms with Gasteiger partial charge < -0.3 is 4.74 Å². The van der Waals surface area contributed by atoms with Crippen LogP contribution in [0, 0.1) is 0 Å². The fourth-order valence-electron chi connectivity index (χ4n) is 2.08. The number of hydrogen-bond acceptors (Lipinski definition) is 8. The van der Waals surface area contributed by atoms with Crippen molar-refractivity contribution in [3.8, 4) is 0 Å². The van der Waals surface area contributed by atoms with Gasteiger partial charge in [0.2, 0.25) is 10.0 Å². The maximum atomic E-state index is 11.9. The van der Waals surface area contributed by atoms with Crippen LogP contribution in [-0.4, -0.2) is 41.8 Å². The molecule has 0 spiro atoms. The first-order chi connectivity index (χ1) is 10.9. The highest BCUT2D eigenvalue weighted by Crippen LogP contribution is 2.28. The number of esters is 1. The first-order valence-electron chi connectivity index (χ1n) is 6.60. The molecular weight excluding hydrogens is 340 g/mol. The molecule has 0 bridgehead atoms. The van der Waals surface area contributed by atoms with Crippen LogP contribution in [0.4, 0.5) is 5.69 Å². The summed E-state index contributed by atoms with van der Waals surface area (Å²) in [5.74, 6) is -0.501. The molecule has 0 aliphatic carbocycles. The van der Waals surface area contributed by atoms with Gasteiger partial charge in [-0.25, -0.2) is 13.2 Å². The lowest BCUT2D eigenvalue weighted by molar-refractivity contribution is 0.0534. The zero-order chi connectivity index (χ0) is 16.6. The Kier molecular flexibility index (Phi) is 3.86. The third-order valence-electron chi connectivity index (χ3n) is 2.94. The zero-order valence-corrected chi connectivity index (χ0v) is 13.9. The number of hydrogen-bond donors (Lipinski definition) is 1. The topological polar surface area (TPSA) is 111 Å². The van der Waals surface area contributed by atoms with Crippen LogP contribution < -0.4 is 4.72 Å². The minimum absolute atomic E-state index is 0.252. The van der Waals surface area contributed by atoms with Crippen molar-refractivity contribution < 1.29 is 17.9 Å². The minimum atomic E-state index is -3.39. The van der Waals surface area contributed by atoms with Gasteiger partial charge in [-0.15, -0.1) is 10.2 Å². The van der Waals surface area contributed by atoms with E-state index >= 15 is 0 Å². The lowest BCUT2D eigenvalue weighted by atomic mass is 10.2. The van der Waals surface area contributed by atoms with Gasteiger partial charge in [-0.3, -0.25) is 4.72 Å². The van der Waals surface area contributed by atoms with E-state index in [1.165, 1.54) is 0 Å². The first-order valence-corrected chi connectivity index (χ1v) is 9.26. The number of aromatic nitrogens is 3. The Bertz CT molecular complexity index is 1010. The SMILES string of the molecule is CCOC(=O)c1snc2c1nnc1ccc(NS(C)(=O)=O)cc12. The van der Waals surface area contributed by atoms with Gasteiger partial charge in [0.25, 0.3) is 0 Å². The summed E-state index contributed by atoms with van der Waals surface area (Å²) in [6.07, 6.45) is 1.07. The molecule has 0 radical (unpaired) electrons. The predicted octanol–water partition coefficient (Wildman–Crippen LogP) is 1.79. The maximum Gasteiger partial charge on any atom is 0.352 e. The number of benzene rings is 1. The summed E-state index contributed by atoms with van der Waals surface area (Å²) in [4.78, 5) is 12.2. The number of nitrogens with one attached hydrogen (secondary N) is 1. The van der Waals surface area contributed by atoms with Gasteiger partial charge in [-0.05, 0) is 36.7 Å². The van der Waals surface area contributed by atoms with Crippen molar-refractivity contribution in [3.05, 3.63) is 23.1 Å². The fourth-order valence-corrected chi connectivity index (χ4v) is 3.36. The molecule has 0 saturated heterocycles. The molecule has 3 aromatic rings. The average Bonchev–Trinajstić information content (AvgIpc) is 2.90. The van der Waals surface area contributed by atoms with E-state index in [2.05, 4.69) is 19.3 Å². The number of ether oxygens (including phenoxy) is 1. The number of anilines is 1. The molecule has 0 unspecified atom stereocenters. The normalized spacial score (nSPS) is 11.7. The summed E-state index contributed by atoms with van der Waals surface area (Å²) in [6.45, 7) is 1.97. The molecule has 10 heteroatoms. The highest BCUT2D eigenvalue weighted by molar-refractivity contribution is 7.92. The molecule has 0 fully saturated rings. The summed E-state index contributed by atoms with van der Waals surface area (Å²) < 4.78 is 34.3. The second kappa shape index (κ2) is 5.70. The molecule has 120 valence electrons. The van der Waals surface area contributed by atoms with Crippen molar-refractivity contribution >= 4 is 55.1 Å². The molecule has 3 rings (SSSR count). The zero-order valence-electron chi connectivity index (χ0n) is 12.2. The standard InChI is InChI=1S/C13H12N4O4S2/c1-3-21-13(18)12-11-10(16-22-12)8-6-7(17-23(2,19)20)4-5-9(8)14-15-11/h4-6,17H,3H2,1-2H3. The van der Waals surface area contributed by atoms with Crippen molar-refractivity contribution in [1.82, 2.24) is 14.6 Å². The van der Waals surface area contributed by atoms with E-state index in [9.17, 15) is 13.2 Å². The van der Waals surface area contributed by atoms with Crippen LogP contribution in [0.2, 0.25) is 0 Å². The third kappa shape index (κ3) is 3.08. The van der Waals surface area contributed by atoms with Crippen LogP contribution in [0.5, 0.6) is 0 Å². The lowest BCUT2D eigenvalue weighted by Crippen LogP contribution is -2.09. The van der Waals surface area contributed by atoms with Crippen LogP contribution in [0.1, 0.15) is 16.6 Å². The Labute approximate surface area is 135 Å². The third-order valence-corrected chi connectivity index (χ3v) is 4.36. The molecule has 23 heavy (non-hydrogen) atoms. The molecule has 0 aliphatic rings. The molecule has 2 aromatic heterocycles. The van der Waals surface area contributed by atoms with Crippen molar-refractivity contribution in [1.29, 1.82) is 0 Å². The molecule has 0 atom stereocenters. The quantitative estimate of drug-likeness (QED) is 0.712. The Balaban J connectivity index is 2.18. The van der Waals surface area contributed by atoms with Crippen molar-refractivity contribution in [2.24, 2.45) is 0 Å². The molecule has 0 amide bonds. The van der Waals surface area contributed by atoms with E-state index in [0.29, 0.717) is 27.6 Å². The lowest BCUT2D eigenvalue weighted by Gasteiger charge is -2.05. The van der Waals surface area contributed by atoms with E-state index in [0.717, 1.165) is 17.8 Å². The first kappa shape index (κ1) is 15.6. The van der Waals surface area contributed by atoms with Crippen LogP contribution in [-0.2, 0) is 14.8 Å². The number of nitrogens with zero attached hydrogens (tertiary/aromatic N) is 3. The van der Waals surface area contributed by atoms with E-state index in [4.69, 9.17) is 4.74 Å². The molecule has 1 aromatic carbocycles. The number of carbonyl (C=O) groups excluding carboxylic acids is 1. The number of sulfonamides is 1. The molecule has 1 N–H and O–H groups in total. The second-order valence-electron chi connectivity index (χ2n) is 4.74. The van der Waals surface area contributed by atoms with Gasteiger partial charge in [-0.2, -0.15) is 4.37 Å². The second-order valence-corrected chi connectivity index (χ2v) is 7.26. The average molecular weight is 352 g/mol. The van der Waals surface area contributed by atoms with Crippen molar-refractivity contribution in [3.63, 3.8) is 0 Å². The molecular formula is C13H12N4O4S2. The highest BCUT2D eigenvalue weighted by Gasteiger charge is 2.19. The summed E-state index contributed by atoms with van der Waals surface area (Å²) in [7, 11) is -3.39. The molecule has 0 saturated carbocycles. The smallest absolute Gasteiger partial charge is 0.352 e. The van der Waals surface area contributed by atoms with Crippen LogP contribution in [0.15, 0.2) is 18.2 Å². The van der Waals surface area contributed by atoms with Gasteiger partial charge >= 0.3 is 5.97 Å². The largest absolute Gasteiger partial charge is 0.462 e. The van der Waals surface area contributed by atoms with Gasteiger partial charge in [0.15, 0.2) is 4.88 Å². The van der Waals surface area contributed by atoms with Crippen LogP contribution in [0.25, 0.3) is 21.9 Å². The monoisotopic (exact) mass is 352 g/mol. The van der Waals surface area contributed by atoms with Crippen LogP contribution >= 0.6 is 11.5 Å². The van der Waals surface area contributed by atoms with Crippen LogP contribution in [0.3, 0.4) is 0 Å². The van der Waals surface area contributed by atoms with Gasteiger partial charge in [-0.1, -0.05) is 0 Å². The summed E-state index contributed by atoms with van der Waals surface area (Å²) in [6, 6.07) is 4.84. The molecule has 2 heterocycles. The Morgan fingerprint density at radius 1 is 1.30 bits per heavy atom. The van der Waals surface area contributed by atoms with E-state index in [-0.39, 0.29) is 11.5 Å². The fraction of sp³-hybridized carbons (Fsp3) is 0.231. The Morgan fingerprint density at radius 2 is 2.09 bits per heavy atom. The van der Waals surface area contributed by atoms with Crippen molar-refractivity contribution in [2.45, 2.75) is 6.92 Å². The summed E-state index contributed by atoms with van der Waals surface area (Å²) in [5.41, 5.74) is 1.77. The predicted molar refractivity (Wildman–Crippen MR) is 87.1 cm³/mol. The van der Waals surface area contributed by atoms with Gasteiger partial charge in [0, 0.05) is 11.1 Å². The summed E-state index contributed by atoms with van der Waals surface area (Å²) in [5, 5.41) is 8.70. The number of rotatable bonds is 4. The maximum absolute atomic E-state index is 11.9. The molecule has 8 nitrogen and oxygen atoms in total. The van der Waals surface area contributed by atoms with E-state index < -0.39 is 16.0 Å². The van der Waals surface area contributed by atoms with Gasteiger partial charge in [0.1, 0.15) is 11.0 Å². The highest BCUT2D eigenvalue weighted by atomic mass is 32.2. The number of fused-ring (bicyclic) bond motifs is 3. The summed E-state index contributed by atoms with van der Waals surface area (Å²) >= 11 is 0.979. The van der Waals surface area contributed by atoms with E-state index in [1.54, 1.807) is 25.1 Å². The van der Waals surface area contributed by atoms with Gasteiger partial charge in [0.05, 0.1) is 18.4 Å². The van der Waals surface area contributed by atoms with Crippen molar-refractivity contribution in [2.75, 3.05) is 17.6 Å². The number of carbonyl (C=O) groups is 1. The Morgan fingerprint density at radius 3 is 2.78 bits per heavy atom.